The van der Waals surface area contributed by atoms with Gasteiger partial charge in [-0.25, -0.2) is 4.68 Å². The molecule has 0 radical (unpaired) electrons. The number of amides is 1. The van der Waals surface area contributed by atoms with Crippen molar-refractivity contribution in [2.75, 3.05) is 13.1 Å². The highest BCUT2D eigenvalue weighted by Crippen LogP contribution is 2.28. The van der Waals surface area contributed by atoms with Crippen molar-refractivity contribution < 1.29 is 13.9 Å². The molecule has 0 bridgehead atoms. The number of nitrogens with zero attached hydrogens (tertiary/aromatic N) is 3. The van der Waals surface area contributed by atoms with Crippen molar-refractivity contribution in [1.29, 1.82) is 0 Å². The Morgan fingerprint density at radius 2 is 1.86 bits per heavy atom. The van der Waals surface area contributed by atoms with E-state index in [1.54, 1.807) is 21.7 Å². The zero-order valence-electron chi connectivity index (χ0n) is 16.1. The Morgan fingerprint density at radius 3 is 2.50 bits per heavy atom. The molecular weight excluding hydrogens is 378 g/mol. The number of ether oxygens (including phenoxy) is 1. The minimum absolute atomic E-state index is 0.0171. The molecule has 1 fully saturated rings. The number of hydrogen-bond acceptors (Lipinski definition) is 4. The van der Waals surface area contributed by atoms with Crippen molar-refractivity contribution in [3.63, 3.8) is 0 Å². The second-order valence-corrected chi connectivity index (χ2v) is 7.56. The van der Waals surface area contributed by atoms with Gasteiger partial charge in [-0.3, -0.25) is 4.79 Å². The van der Waals surface area contributed by atoms with E-state index in [0.29, 0.717) is 40.9 Å². The van der Waals surface area contributed by atoms with Crippen molar-refractivity contribution in [2.24, 2.45) is 0 Å². The number of carbonyl (C=O) groups is 1. The number of aromatic nitrogens is 2. The molecule has 7 heteroatoms. The van der Waals surface area contributed by atoms with Crippen molar-refractivity contribution >= 4 is 17.5 Å². The molecule has 2 atom stereocenters. The summed E-state index contributed by atoms with van der Waals surface area (Å²) in [6.07, 6.45) is -0.0341. The van der Waals surface area contributed by atoms with E-state index in [1.807, 2.05) is 51.1 Å². The van der Waals surface area contributed by atoms with Crippen LogP contribution in [-0.2, 0) is 4.74 Å². The highest BCUT2D eigenvalue weighted by Gasteiger charge is 2.30. The lowest BCUT2D eigenvalue weighted by Gasteiger charge is -2.35. The second kappa shape index (κ2) is 7.45. The van der Waals surface area contributed by atoms with Gasteiger partial charge < -0.3 is 14.1 Å². The van der Waals surface area contributed by atoms with Crippen LogP contribution in [0.15, 0.2) is 46.9 Å². The highest BCUT2D eigenvalue weighted by molar-refractivity contribution is 6.32. The summed E-state index contributed by atoms with van der Waals surface area (Å²) in [5.41, 5.74) is 1.68. The molecule has 0 spiro atoms. The first-order chi connectivity index (χ1) is 13.4. The SMILES string of the molecule is Cc1ccc(-c2cc(C(=O)N3C[C@@H](C)O[C@@H](C)C3)n(-c3ccccc3Cl)n2)o1. The molecular formula is C21H22ClN3O3. The average molecular weight is 400 g/mol. The summed E-state index contributed by atoms with van der Waals surface area (Å²) in [5, 5.41) is 5.16. The third-order valence-corrected chi connectivity index (χ3v) is 5.03. The maximum Gasteiger partial charge on any atom is 0.272 e. The van der Waals surface area contributed by atoms with Crippen LogP contribution in [-0.4, -0.2) is 45.9 Å². The molecule has 0 saturated carbocycles. The Bertz CT molecular complexity index is 1000. The number of morpholine rings is 1. The van der Waals surface area contributed by atoms with E-state index in [0.717, 1.165) is 5.76 Å². The van der Waals surface area contributed by atoms with Gasteiger partial charge in [-0.1, -0.05) is 23.7 Å². The molecule has 3 heterocycles. The van der Waals surface area contributed by atoms with E-state index in [-0.39, 0.29) is 18.1 Å². The first kappa shape index (κ1) is 18.8. The fourth-order valence-electron chi connectivity index (χ4n) is 3.54. The zero-order chi connectivity index (χ0) is 19.8. The number of furan rings is 1. The topological polar surface area (TPSA) is 60.5 Å². The molecule has 3 aromatic rings. The van der Waals surface area contributed by atoms with Gasteiger partial charge in [-0.15, -0.1) is 0 Å². The lowest BCUT2D eigenvalue weighted by molar-refractivity contribution is -0.0588. The molecule has 1 saturated heterocycles. The quantitative estimate of drug-likeness (QED) is 0.657. The van der Waals surface area contributed by atoms with E-state index in [2.05, 4.69) is 5.10 Å². The Morgan fingerprint density at radius 1 is 1.14 bits per heavy atom. The minimum Gasteiger partial charge on any atom is -0.460 e. The predicted molar refractivity (Wildman–Crippen MR) is 107 cm³/mol. The van der Waals surface area contributed by atoms with Gasteiger partial charge >= 0.3 is 0 Å². The van der Waals surface area contributed by atoms with Gasteiger partial charge in [0.1, 0.15) is 17.1 Å². The highest BCUT2D eigenvalue weighted by atomic mass is 35.5. The molecule has 0 N–H and O–H groups in total. The van der Waals surface area contributed by atoms with Gasteiger partial charge in [-0.2, -0.15) is 5.10 Å². The minimum atomic E-state index is -0.107. The molecule has 1 amide bonds. The number of benzene rings is 1. The Kier molecular flexibility index (Phi) is 5.00. The van der Waals surface area contributed by atoms with Gasteiger partial charge in [0.2, 0.25) is 0 Å². The maximum atomic E-state index is 13.4. The van der Waals surface area contributed by atoms with E-state index >= 15 is 0 Å². The van der Waals surface area contributed by atoms with E-state index in [9.17, 15) is 4.79 Å². The van der Waals surface area contributed by atoms with Gasteiger partial charge in [0.15, 0.2) is 5.76 Å². The molecule has 146 valence electrons. The summed E-state index contributed by atoms with van der Waals surface area (Å²) in [6.45, 7) is 6.88. The predicted octanol–water partition coefficient (Wildman–Crippen LogP) is 4.34. The molecule has 1 aromatic carbocycles. The molecule has 0 aliphatic carbocycles. The van der Waals surface area contributed by atoms with Crippen LogP contribution in [0.25, 0.3) is 17.1 Å². The largest absolute Gasteiger partial charge is 0.460 e. The zero-order valence-corrected chi connectivity index (χ0v) is 16.8. The molecule has 6 nitrogen and oxygen atoms in total. The number of hydrogen-bond donors (Lipinski definition) is 0. The lowest BCUT2D eigenvalue weighted by atomic mass is 10.2. The third kappa shape index (κ3) is 3.57. The van der Waals surface area contributed by atoms with Crippen LogP contribution in [0.2, 0.25) is 5.02 Å². The van der Waals surface area contributed by atoms with Gasteiger partial charge in [0.05, 0.1) is 22.9 Å². The summed E-state index contributed by atoms with van der Waals surface area (Å²) >= 11 is 6.40. The van der Waals surface area contributed by atoms with Gasteiger partial charge in [0.25, 0.3) is 5.91 Å². The number of carbonyl (C=O) groups excluding carboxylic acids is 1. The van der Waals surface area contributed by atoms with Crippen LogP contribution >= 0.6 is 11.6 Å². The summed E-state index contributed by atoms with van der Waals surface area (Å²) < 4.78 is 13.1. The first-order valence-electron chi connectivity index (χ1n) is 9.29. The second-order valence-electron chi connectivity index (χ2n) is 7.16. The van der Waals surface area contributed by atoms with E-state index in [1.165, 1.54) is 0 Å². The first-order valence-corrected chi connectivity index (χ1v) is 9.66. The van der Waals surface area contributed by atoms with Crippen LogP contribution in [0.1, 0.15) is 30.1 Å². The standard InChI is InChI=1S/C21H22ClN3O3/c1-13-8-9-20(28-13)17-10-19(21(26)24-11-14(2)27-15(3)12-24)25(23-17)18-7-5-4-6-16(18)22/h4-10,14-15H,11-12H2,1-3H3/t14-,15+. The fraction of sp³-hybridized carbons (Fsp3) is 0.333. The van der Waals surface area contributed by atoms with Gasteiger partial charge in [-0.05, 0) is 45.0 Å². The fourth-order valence-corrected chi connectivity index (χ4v) is 3.75. The molecule has 1 aliphatic rings. The van der Waals surface area contributed by atoms with Crippen LogP contribution in [0.4, 0.5) is 0 Å². The molecule has 0 unspecified atom stereocenters. The van der Waals surface area contributed by atoms with Gasteiger partial charge in [0, 0.05) is 19.2 Å². The number of rotatable bonds is 3. The smallest absolute Gasteiger partial charge is 0.272 e. The number of aryl methyl sites for hydroxylation is 1. The number of para-hydroxylation sites is 1. The molecule has 28 heavy (non-hydrogen) atoms. The summed E-state index contributed by atoms with van der Waals surface area (Å²) in [7, 11) is 0. The Balaban J connectivity index is 1.79. The molecule has 1 aliphatic heterocycles. The van der Waals surface area contributed by atoms with Crippen LogP contribution < -0.4 is 0 Å². The maximum absolute atomic E-state index is 13.4. The van der Waals surface area contributed by atoms with Crippen LogP contribution in [0.5, 0.6) is 0 Å². The Hall–Kier alpha value is -2.57. The van der Waals surface area contributed by atoms with Crippen molar-refractivity contribution in [2.45, 2.75) is 33.0 Å². The lowest BCUT2D eigenvalue weighted by Crippen LogP contribution is -2.48. The van der Waals surface area contributed by atoms with Crippen molar-refractivity contribution in [3.05, 3.63) is 58.9 Å². The van der Waals surface area contributed by atoms with Crippen LogP contribution in [0, 0.1) is 6.92 Å². The molecule has 4 rings (SSSR count). The average Bonchev–Trinajstić information content (AvgIpc) is 3.27. The van der Waals surface area contributed by atoms with E-state index in [4.69, 9.17) is 20.8 Å². The van der Waals surface area contributed by atoms with Crippen molar-refractivity contribution in [3.8, 4) is 17.1 Å². The van der Waals surface area contributed by atoms with Crippen LogP contribution in [0.3, 0.4) is 0 Å². The summed E-state index contributed by atoms with van der Waals surface area (Å²) in [6, 6.07) is 12.8. The summed E-state index contributed by atoms with van der Waals surface area (Å²) in [4.78, 5) is 15.2. The Labute approximate surface area is 168 Å². The number of halogens is 1. The van der Waals surface area contributed by atoms with E-state index < -0.39 is 0 Å². The third-order valence-electron chi connectivity index (χ3n) is 4.71. The normalized spacial score (nSPS) is 19.8. The van der Waals surface area contributed by atoms with Crippen molar-refractivity contribution in [1.82, 2.24) is 14.7 Å². The summed E-state index contributed by atoms with van der Waals surface area (Å²) in [5.74, 6) is 1.29. The molecule has 2 aromatic heterocycles. The monoisotopic (exact) mass is 399 g/mol.